The van der Waals surface area contributed by atoms with Crippen molar-refractivity contribution in [1.82, 2.24) is 19.5 Å². The van der Waals surface area contributed by atoms with Gasteiger partial charge in [-0.25, -0.2) is 15.0 Å². The summed E-state index contributed by atoms with van der Waals surface area (Å²) >= 11 is 1.75. The fraction of sp³-hybridized carbons (Fsp3) is 0.280. The van der Waals surface area contributed by atoms with Crippen molar-refractivity contribution in [3.63, 3.8) is 0 Å². The molecule has 166 valence electrons. The van der Waals surface area contributed by atoms with Gasteiger partial charge in [0.2, 0.25) is 0 Å². The zero-order chi connectivity index (χ0) is 23.2. The molecule has 5 rings (SSSR count). The maximum Gasteiger partial charge on any atom is 0.171 e. The van der Waals surface area contributed by atoms with Crippen molar-refractivity contribution in [3.8, 4) is 22.9 Å². The lowest BCUT2D eigenvalue weighted by Gasteiger charge is -2.20. The van der Waals surface area contributed by atoms with Crippen molar-refractivity contribution in [2.75, 3.05) is 17.6 Å². The molecule has 1 aliphatic heterocycles. The van der Waals surface area contributed by atoms with Gasteiger partial charge >= 0.3 is 0 Å². The summed E-state index contributed by atoms with van der Waals surface area (Å²) < 4.78 is 2.22. The summed E-state index contributed by atoms with van der Waals surface area (Å²) in [6.07, 6.45) is 0.740. The highest BCUT2D eigenvalue weighted by atomic mass is 32.2. The number of aromatic hydroxyl groups is 1. The Balaban J connectivity index is 1.38. The molecule has 0 atom stereocenters. The monoisotopic (exact) mass is 456 g/mol. The first-order chi connectivity index (χ1) is 15.9. The number of hydrogen-bond acceptors (Lipinski definition) is 7. The van der Waals surface area contributed by atoms with Gasteiger partial charge in [-0.3, -0.25) is 4.57 Å². The fourth-order valence-electron chi connectivity index (χ4n) is 4.17. The number of hydrogen-bond donors (Lipinski definition) is 2. The zero-order valence-electron chi connectivity index (χ0n) is 18.8. The number of anilines is 1. The molecule has 2 aromatic carbocycles. The van der Waals surface area contributed by atoms with Crippen molar-refractivity contribution in [3.05, 3.63) is 59.4 Å². The molecular formula is C25H24N6OS. The number of imidazole rings is 1. The molecule has 8 heteroatoms. The van der Waals surface area contributed by atoms with Crippen molar-refractivity contribution >= 4 is 28.7 Å². The van der Waals surface area contributed by atoms with Crippen LogP contribution in [-0.4, -0.2) is 36.9 Å². The minimum Gasteiger partial charge on any atom is -0.507 e. The van der Waals surface area contributed by atoms with E-state index in [-0.39, 0.29) is 11.3 Å². The number of nitrogens with zero attached hydrogens (tertiary/aromatic N) is 5. The van der Waals surface area contributed by atoms with Crippen LogP contribution in [0.2, 0.25) is 0 Å². The summed E-state index contributed by atoms with van der Waals surface area (Å²) in [5, 5.41) is 24.0. The van der Waals surface area contributed by atoms with Gasteiger partial charge in [-0.15, -0.1) is 0 Å². The molecule has 4 aromatic rings. The van der Waals surface area contributed by atoms with Crippen LogP contribution < -0.4 is 5.32 Å². The number of fused-ring (bicyclic) bond motifs is 3. The lowest BCUT2D eigenvalue weighted by molar-refractivity contribution is 0.404. The second-order valence-corrected chi connectivity index (χ2v) is 9.79. The average molecular weight is 457 g/mol. The third kappa shape index (κ3) is 3.89. The standard InChI is InChI=1S/C25H24N6OS/c1-15-28-22(21-23(29-15)31-24(30-21)33-14-25(31,2)3)27-10-9-16-7-8-20(32)19(12-16)18-6-4-5-17(11-18)13-26/h4-8,11-12,32H,9-10,14H2,1-3H3,(H,27,28,29). The van der Waals surface area contributed by atoms with Crippen molar-refractivity contribution < 1.29 is 5.11 Å². The summed E-state index contributed by atoms with van der Waals surface area (Å²) in [4.78, 5) is 14.1. The summed E-state index contributed by atoms with van der Waals surface area (Å²) in [5.74, 6) is 2.64. The first-order valence-electron chi connectivity index (χ1n) is 10.8. The summed E-state index contributed by atoms with van der Waals surface area (Å²) in [6.45, 7) is 6.97. The van der Waals surface area contributed by atoms with E-state index in [1.807, 2.05) is 31.2 Å². The van der Waals surface area contributed by atoms with Gasteiger partial charge in [0.25, 0.3) is 0 Å². The lowest BCUT2D eigenvalue weighted by Crippen LogP contribution is -2.24. The van der Waals surface area contributed by atoms with E-state index < -0.39 is 0 Å². The number of phenolic OH excluding ortho intramolecular Hbond substituents is 1. The van der Waals surface area contributed by atoms with Crippen LogP contribution >= 0.6 is 11.8 Å². The molecule has 0 spiro atoms. The van der Waals surface area contributed by atoms with Gasteiger partial charge in [0, 0.05) is 17.9 Å². The van der Waals surface area contributed by atoms with Crippen LogP contribution in [-0.2, 0) is 12.0 Å². The number of aromatic nitrogens is 4. The molecule has 0 fully saturated rings. The number of rotatable bonds is 5. The normalized spacial score (nSPS) is 14.2. The number of nitriles is 1. The molecular weight excluding hydrogens is 432 g/mol. The Bertz CT molecular complexity index is 1420. The highest BCUT2D eigenvalue weighted by Crippen LogP contribution is 2.40. The third-order valence-electron chi connectivity index (χ3n) is 5.82. The van der Waals surface area contributed by atoms with Crippen LogP contribution in [0.5, 0.6) is 5.75 Å². The van der Waals surface area contributed by atoms with Crippen LogP contribution in [0.4, 0.5) is 5.82 Å². The lowest BCUT2D eigenvalue weighted by atomic mass is 9.99. The van der Waals surface area contributed by atoms with Gasteiger partial charge in [0.15, 0.2) is 22.1 Å². The minimum atomic E-state index is -0.0297. The Kier molecular flexibility index (Phi) is 5.22. The zero-order valence-corrected chi connectivity index (χ0v) is 19.6. The molecule has 2 N–H and O–H groups in total. The van der Waals surface area contributed by atoms with E-state index in [2.05, 4.69) is 39.8 Å². The molecule has 0 saturated carbocycles. The van der Waals surface area contributed by atoms with Crippen LogP contribution in [0.15, 0.2) is 47.6 Å². The van der Waals surface area contributed by atoms with Crippen molar-refractivity contribution in [1.29, 1.82) is 5.26 Å². The fourth-order valence-corrected chi connectivity index (χ4v) is 5.40. The Labute approximate surface area is 196 Å². The number of thioether (sulfide) groups is 1. The van der Waals surface area contributed by atoms with Gasteiger partial charge in [0.05, 0.1) is 17.2 Å². The quantitative estimate of drug-likeness (QED) is 0.442. The van der Waals surface area contributed by atoms with E-state index in [9.17, 15) is 10.4 Å². The summed E-state index contributed by atoms with van der Waals surface area (Å²) in [7, 11) is 0. The van der Waals surface area contributed by atoms with Crippen LogP contribution in [0.1, 0.15) is 30.8 Å². The van der Waals surface area contributed by atoms with E-state index in [4.69, 9.17) is 4.98 Å². The van der Waals surface area contributed by atoms with Gasteiger partial charge < -0.3 is 10.4 Å². The predicted molar refractivity (Wildman–Crippen MR) is 131 cm³/mol. The van der Waals surface area contributed by atoms with E-state index in [1.54, 1.807) is 30.0 Å². The van der Waals surface area contributed by atoms with Crippen LogP contribution in [0.3, 0.4) is 0 Å². The van der Waals surface area contributed by atoms with Crippen molar-refractivity contribution in [2.45, 2.75) is 37.9 Å². The summed E-state index contributed by atoms with van der Waals surface area (Å²) in [5.41, 5.74) is 4.82. The SMILES string of the molecule is Cc1nc(NCCc2ccc(O)c(-c3cccc(C#N)c3)c2)c2nc3n(c2n1)C(C)(C)CS3. The molecule has 0 aliphatic carbocycles. The van der Waals surface area contributed by atoms with Crippen LogP contribution in [0.25, 0.3) is 22.3 Å². The first kappa shape index (κ1) is 21.3. The van der Waals surface area contributed by atoms with Crippen molar-refractivity contribution in [2.24, 2.45) is 0 Å². The smallest absolute Gasteiger partial charge is 0.171 e. The average Bonchev–Trinajstić information content (AvgIpc) is 3.32. The molecule has 0 bridgehead atoms. The van der Waals surface area contributed by atoms with E-state index in [1.165, 1.54) is 0 Å². The Hall–Kier alpha value is -3.57. The molecule has 33 heavy (non-hydrogen) atoms. The van der Waals surface area contributed by atoms with E-state index >= 15 is 0 Å². The molecule has 2 aromatic heterocycles. The number of phenols is 1. The number of aryl methyl sites for hydroxylation is 1. The van der Waals surface area contributed by atoms with Gasteiger partial charge in [0.1, 0.15) is 11.6 Å². The Morgan fingerprint density at radius 3 is 2.85 bits per heavy atom. The Morgan fingerprint density at radius 1 is 1.18 bits per heavy atom. The maximum atomic E-state index is 10.4. The molecule has 0 amide bonds. The van der Waals surface area contributed by atoms with Gasteiger partial charge in [-0.2, -0.15) is 5.26 Å². The minimum absolute atomic E-state index is 0.0297. The third-order valence-corrected chi connectivity index (χ3v) is 7.20. The molecule has 1 aliphatic rings. The molecule has 0 saturated heterocycles. The second kappa shape index (κ2) is 8.09. The second-order valence-electron chi connectivity index (χ2n) is 8.84. The topological polar surface area (TPSA) is 99.6 Å². The summed E-state index contributed by atoms with van der Waals surface area (Å²) in [6, 6.07) is 15.0. The number of nitrogens with one attached hydrogen (secondary N) is 1. The first-order valence-corrected chi connectivity index (χ1v) is 11.8. The predicted octanol–water partition coefficient (Wildman–Crippen LogP) is 4.87. The highest BCUT2D eigenvalue weighted by molar-refractivity contribution is 7.99. The molecule has 7 nitrogen and oxygen atoms in total. The number of benzene rings is 2. The van der Waals surface area contributed by atoms with Gasteiger partial charge in [-0.05, 0) is 62.6 Å². The van der Waals surface area contributed by atoms with E-state index in [0.717, 1.165) is 51.0 Å². The molecule has 3 heterocycles. The molecule has 0 radical (unpaired) electrons. The Morgan fingerprint density at radius 2 is 2.03 bits per heavy atom. The van der Waals surface area contributed by atoms with E-state index in [0.29, 0.717) is 17.9 Å². The largest absolute Gasteiger partial charge is 0.507 e. The maximum absolute atomic E-state index is 10.4. The molecule has 0 unspecified atom stereocenters. The van der Waals surface area contributed by atoms with Gasteiger partial charge in [-0.1, -0.05) is 30.0 Å². The van der Waals surface area contributed by atoms with Crippen LogP contribution in [0, 0.1) is 18.3 Å². The highest BCUT2D eigenvalue weighted by Gasteiger charge is 2.34.